The van der Waals surface area contributed by atoms with Crippen LogP contribution in [0.4, 0.5) is 10.5 Å². The molecule has 1 aromatic carbocycles. The van der Waals surface area contributed by atoms with Gasteiger partial charge in [-0.3, -0.25) is 10.1 Å². The van der Waals surface area contributed by atoms with Gasteiger partial charge in [0.15, 0.2) is 0 Å². The zero-order valence-electron chi connectivity index (χ0n) is 11.9. The Bertz CT molecular complexity index is 459. The van der Waals surface area contributed by atoms with Crippen molar-refractivity contribution in [2.45, 2.75) is 26.3 Å². The van der Waals surface area contributed by atoms with Gasteiger partial charge in [0.2, 0.25) is 5.91 Å². The Hall–Kier alpha value is -2.08. The van der Waals surface area contributed by atoms with E-state index in [-0.39, 0.29) is 0 Å². The SMILES string of the molecule is Cc1ccc(N(CCCN)C(C)C(=O)NC(N)=O)cc1. The molecule has 0 radical (unpaired) electrons. The first-order chi connectivity index (χ1) is 9.45. The first-order valence-electron chi connectivity index (χ1n) is 6.59. The molecule has 5 N–H and O–H groups in total. The van der Waals surface area contributed by atoms with E-state index in [0.29, 0.717) is 13.1 Å². The third-order valence-corrected chi connectivity index (χ3v) is 3.06. The lowest BCUT2D eigenvalue weighted by molar-refractivity contribution is -0.120. The number of anilines is 1. The molecule has 0 saturated heterocycles. The van der Waals surface area contributed by atoms with Gasteiger partial charge in [0.1, 0.15) is 6.04 Å². The molecule has 3 amide bonds. The predicted molar refractivity (Wildman–Crippen MR) is 79.4 cm³/mol. The summed E-state index contributed by atoms with van der Waals surface area (Å²) in [5, 5.41) is 2.11. The second-order valence-electron chi connectivity index (χ2n) is 4.70. The summed E-state index contributed by atoms with van der Waals surface area (Å²) in [6, 6.07) is 6.49. The molecule has 20 heavy (non-hydrogen) atoms. The normalized spacial score (nSPS) is 11.8. The summed E-state index contributed by atoms with van der Waals surface area (Å²) in [5.41, 5.74) is 12.6. The van der Waals surface area contributed by atoms with Crippen LogP contribution in [-0.2, 0) is 4.79 Å². The number of urea groups is 1. The Morgan fingerprint density at radius 1 is 1.30 bits per heavy atom. The largest absolute Gasteiger partial charge is 0.360 e. The van der Waals surface area contributed by atoms with Crippen LogP contribution < -0.4 is 21.7 Å². The molecule has 6 heteroatoms. The molecule has 0 aliphatic rings. The van der Waals surface area contributed by atoms with E-state index in [2.05, 4.69) is 5.32 Å². The first-order valence-corrected chi connectivity index (χ1v) is 6.59. The number of aryl methyl sites for hydroxylation is 1. The number of hydrogen-bond acceptors (Lipinski definition) is 4. The molecule has 1 unspecified atom stereocenters. The number of primary amides is 1. The van der Waals surface area contributed by atoms with Crippen LogP contribution in [-0.4, -0.2) is 31.1 Å². The van der Waals surface area contributed by atoms with E-state index in [4.69, 9.17) is 11.5 Å². The fourth-order valence-corrected chi connectivity index (χ4v) is 1.91. The van der Waals surface area contributed by atoms with Crippen LogP contribution in [0.25, 0.3) is 0 Å². The Morgan fingerprint density at radius 2 is 1.90 bits per heavy atom. The predicted octanol–water partition coefficient (Wildman–Crippen LogP) is 0.734. The number of nitrogens with two attached hydrogens (primary N) is 2. The standard InChI is InChI=1S/C14H22N4O2/c1-10-4-6-12(7-5-10)18(9-3-8-15)11(2)13(19)17-14(16)20/h4-7,11H,3,8-9,15H2,1-2H3,(H3,16,17,19,20). The van der Waals surface area contributed by atoms with Crippen LogP contribution in [0.15, 0.2) is 24.3 Å². The highest BCUT2D eigenvalue weighted by Gasteiger charge is 2.22. The lowest BCUT2D eigenvalue weighted by Gasteiger charge is -2.30. The third-order valence-electron chi connectivity index (χ3n) is 3.06. The lowest BCUT2D eigenvalue weighted by Crippen LogP contribution is -2.49. The van der Waals surface area contributed by atoms with Gasteiger partial charge >= 0.3 is 6.03 Å². The summed E-state index contributed by atoms with van der Waals surface area (Å²) in [7, 11) is 0. The van der Waals surface area contributed by atoms with Crippen molar-refractivity contribution in [2.24, 2.45) is 11.5 Å². The van der Waals surface area contributed by atoms with Crippen LogP contribution in [0, 0.1) is 6.92 Å². The van der Waals surface area contributed by atoms with Crippen molar-refractivity contribution in [3.05, 3.63) is 29.8 Å². The summed E-state index contributed by atoms with van der Waals surface area (Å²) in [6.45, 7) is 4.89. The van der Waals surface area contributed by atoms with E-state index in [9.17, 15) is 9.59 Å². The van der Waals surface area contributed by atoms with Crippen LogP contribution >= 0.6 is 0 Å². The van der Waals surface area contributed by atoms with Gasteiger partial charge in [0.25, 0.3) is 0 Å². The van der Waals surface area contributed by atoms with Gasteiger partial charge < -0.3 is 16.4 Å². The minimum Gasteiger partial charge on any atom is -0.360 e. The van der Waals surface area contributed by atoms with Gasteiger partial charge in [-0.05, 0) is 38.9 Å². The maximum atomic E-state index is 11.9. The topological polar surface area (TPSA) is 101 Å². The minimum atomic E-state index is -0.843. The molecule has 1 rings (SSSR count). The number of imide groups is 1. The number of nitrogens with one attached hydrogen (secondary N) is 1. The third kappa shape index (κ3) is 4.55. The summed E-state index contributed by atoms with van der Waals surface area (Å²) < 4.78 is 0. The van der Waals surface area contributed by atoms with Gasteiger partial charge in [-0.15, -0.1) is 0 Å². The molecule has 0 spiro atoms. The molecular formula is C14H22N4O2. The smallest absolute Gasteiger partial charge is 0.318 e. The number of hydrogen-bond donors (Lipinski definition) is 3. The van der Waals surface area contributed by atoms with Crippen molar-refractivity contribution in [1.29, 1.82) is 0 Å². The number of carbonyl (C=O) groups excluding carboxylic acids is 2. The molecule has 110 valence electrons. The van der Waals surface area contributed by atoms with Crippen LogP contribution in [0.3, 0.4) is 0 Å². The number of amides is 3. The Balaban J connectivity index is 2.90. The Morgan fingerprint density at radius 3 is 2.40 bits per heavy atom. The Kier molecular flexibility index (Phi) is 5.99. The Labute approximate surface area is 119 Å². The first kappa shape index (κ1) is 16.0. The van der Waals surface area contributed by atoms with E-state index in [1.807, 2.05) is 36.1 Å². The average Bonchev–Trinajstić information content (AvgIpc) is 2.40. The van der Waals surface area contributed by atoms with Gasteiger partial charge in [0, 0.05) is 12.2 Å². The summed E-state index contributed by atoms with van der Waals surface area (Å²) in [5.74, 6) is -0.421. The molecule has 1 atom stereocenters. The van der Waals surface area contributed by atoms with Gasteiger partial charge in [-0.25, -0.2) is 4.79 Å². The number of carbonyl (C=O) groups is 2. The van der Waals surface area contributed by atoms with Crippen molar-refractivity contribution in [2.75, 3.05) is 18.0 Å². The quantitative estimate of drug-likeness (QED) is 0.714. The van der Waals surface area contributed by atoms with Crippen molar-refractivity contribution in [1.82, 2.24) is 5.32 Å². The van der Waals surface area contributed by atoms with E-state index in [0.717, 1.165) is 17.7 Å². The summed E-state index contributed by atoms with van der Waals surface area (Å²) in [6.07, 6.45) is 0.752. The monoisotopic (exact) mass is 278 g/mol. The second kappa shape index (κ2) is 7.49. The highest BCUT2D eigenvalue weighted by molar-refractivity contribution is 5.97. The van der Waals surface area contributed by atoms with Crippen LogP contribution in [0.1, 0.15) is 18.9 Å². The number of rotatable bonds is 6. The maximum absolute atomic E-state index is 11.9. The van der Waals surface area contributed by atoms with Gasteiger partial charge in [-0.2, -0.15) is 0 Å². The van der Waals surface area contributed by atoms with E-state index < -0.39 is 18.0 Å². The zero-order chi connectivity index (χ0) is 15.1. The summed E-state index contributed by atoms with van der Waals surface area (Å²) in [4.78, 5) is 24.6. The average molecular weight is 278 g/mol. The van der Waals surface area contributed by atoms with Crippen molar-refractivity contribution in [3.63, 3.8) is 0 Å². The second-order valence-corrected chi connectivity index (χ2v) is 4.70. The van der Waals surface area contributed by atoms with Gasteiger partial charge in [0.05, 0.1) is 0 Å². The number of benzene rings is 1. The molecule has 0 aliphatic heterocycles. The van der Waals surface area contributed by atoms with Crippen LogP contribution in [0.5, 0.6) is 0 Å². The summed E-state index contributed by atoms with van der Waals surface area (Å²) >= 11 is 0. The molecule has 0 bridgehead atoms. The molecule has 0 saturated carbocycles. The van der Waals surface area contributed by atoms with Crippen molar-refractivity contribution >= 4 is 17.6 Å². The molecule has 0 heterocycles. The number of nitrogens with zero attached hydrogens (tertiary/aromatic N) is 1. The minimum absolute atomic E-state index is 0.421. The van der Waals surface area contributed by atoms with Gasteiger partial charge in [-0.1, -0.05) is 17.7 Å². The van der Waals surface area contributed by atoms with E-state index >= 15 is 0 Å². The van der Waals surface area contributed by atoms with E-state index in [1.54, 1.807) is 6.92 Å². The zero-order valence-corrected chi connectivity index (χ0v) is 11.9. The molecule has 0 aromatic heterocycles. The molecule has 0 fully saturated rings. The lowest BCUT2D eigenvalue weighted by atomic mass is 10.1. The molecule has 0 aliphatic carbocycles. The molecule has 6 nitrogen and oxygen atoms in total. The highest BCUT2D eigenvalue weighted by Crippen LogP contribution is 2.18. The fourth-order valence-electron chi connectivity index (χ4n) is 1.91. The van der Waals surface area contributed by atoms with Crippen LogP contribution in [0.2, 0.25) is 0 Å². The van der Waals surface area contributed by atoms with Crippen molar-refractivity contribution in [3.8, 4) is 0 Å². The maximum Gasteiger partial charge on any atom is 0.318 e. The van der Waals surface area contributed by atoms with E-state index in [1.165, 1.54) is 0 Å². The molecular weight excluding hydrogens is 256 g/mol. The highest BCUT2D eigenvalue weighted by atomic mass is 16.2. The van der Waals surface area contributed by atoms with Crippen molar-refractivity contribution < 1.29 is 9.59 Å². The fraction of sp³-hybridized carbons (Fsp3) is 0.429. The molecule has 1 aromatic rings.